The minimum absolute atomic E-state index is 0.150. The molecule has 0 spiro atoms. The van der Waals surface area contributed by atoms with Gasteiger partial charge in [0.1, 0.15) is 0 Å². The van der Waals surface area contributed by atoms with Crippen molar-refractivity contribution in [2.75, 3.05) is 14.1 Å². The third-order valence-corrected chi connectivity index (χ3v) is 4.79. The molecule has 0 aromatic rings. The van der Waals surface area contributed by atoms with Gasteiger partial charge in [-0.05, 0) is 33.9 Å². The van der Waals surface area contributed by atoms with Crippen molar-refractivity contribution in [3.8, 4) is 0 Å². The van der Waals surface area contributed by atoms with E-state index in [1.165, 1.54) is 51.4 Å². The summed E-state index contributed by atoms with van der Waals surface area (Å²) in [6.45, 7) is 6.82. The highest BCUT2D eigenvalue weighted by Crippen LogP contribution is 2.24. The fraction of sp³-hybridized carbons (Fsp3) is 1.00. The number of hydrazine groups is 1. The molecule has 0 heterocycles. The van der Waals surface area contributed by atoms with Gasteiger partial charge >= 0.3 is 0 Å². The summed E-state index contributed by atoms with van der Waals surface area (Å²) in [4.78, 5) is 2.30. The van der Waals surface area contributed by atoms with Gasteiger partial charge < -0.3 is 4.90 Å². The first kappa shape index (κ1) is 18.9. The topological polar surface area (TPSA) is 41.3 Å². The molecule has 0 aliphatic heterocycles. The van der Waals surface area contributed by atoms with E-state index in [-0.39, 0.29) is 5.54 Å². The van der Waals surface area contributed by atoms with Gasteiger partial charge in [-0.15, -0.1) is 0 Å². The number of nitrogens with two attached hydrogens (primary N) is 1. The maximum atomic E-state index is 5.78. The predicted octanol–water partition coefficient (Wildman–Crippen LogP) is 3.69. The van der Waals surface area contributed by atoms with E-state index in [1.807, 2.05) is 0 Å². The summed E-state index contributed by atoms with van der Waals surface area (Å²) in [7, 11) is 4.30. The van der Waals surface area contributed by atoms with Crippen molar-refractivity contribution < 1.29 is 0 Å². The smallest absolute Gasteiger partial charge is 0.0391 e. The SMILES string of the molecule is CCCCCCCCCC(NN)C(C)(CC)N(C)C. The third kappa shape index (κ3) is 6.73. The highest BCUT2D eigenvalue weighted by atomic mass is 15.3. The van der Waals surface area contributed by atoms with Crippen molar-refractivity contribution in [2.45, 2.75) is 90.1 Å². The fourth-order valence-electron chi connectivity index (χ4n) is 2.75. The number of rotatable bonds is 12. The Kier molecular flexibility index (Phi) is 10.6. The van der Waals surface area contributed by atoms with Gasteiger partial charge in [0, 0.05) is 11.6 Å². The highest BCUT2D eigenvalue weighted by Gasteiger charge is 2.33. The minimum Gasteiger partial charge on any atom is -0.302 e. The normalized spacial score (nSPS) is 16.6. The molecule has 116 valence electrons. The van der Waals surface area contributed by atoms with Crippen LogP contribution in [0, 0.1) is 0 Å². The van der Waals surface area contributed by atoms with Gasteiger partial charge in [-0.1, -0.05) is 58.8 Å². The van der Waals surface area contributed by atoms with Gasteiger partial charge in [0.2, 0.25) is 0 Å². The summed E-state index contributed by atoms with van der Waals surface area (Å²) < 4.78 is 0. The Morgan fingerprint density at radius 1 is 1.00 bits per heavy atom. The van der Waals surface area contributed by atoms with Crippen LogP contribution in [0.4, 0.5) is 0 Å². The predicted molar refractivity (Wildman–Crippen MR) is 86.1 cm³/mol. The van der Waals surface area contributed by atoms with Gasteiger partial charge in [-0.25, -0.2) is 0 Å². The Labute approximate surface area is 121 Å². The molecule has 0 saturated carbocycles. The lowest BCUT2D eigenvalue weighted by Crippen LogP contribution is -2.58. The molecule has 0 saturated heterocycles. The molecule has 0 bridgehead atoms. The van der Waals surface area contributed by atoms with E-state index in [1.54, 1.807) is 0 Å². The van der Waals surface area contributed by atoms with E-state index < -0.39 is 0 Å². The summed E-state index contributed by atoms with van der Waals surface area (Å²) in [6, 6.07) is 0.378. The van der Waals surface area contributed by atoms with Crippen LogP contribution in [0.25, 0.3) is 0 Å². The first-order valence-corrected chi connectivity index (χ1v) is 8.16. The average molecular weight is 271 g/mol. The number of nitrogens with zero attached hydrogens (tertiary/aromatic N) is 1. The summed E-state index contributed by atoms with van der Waals surface area (Å²) in [5.74, 6) is 5.78. The second kappa shape index (κ2) is 10.6. The second-order valence-electron chi connectivity index (χ2n) is 6.23. The van der Waals surface area contributed by atoms with Crippen LogP contribution in [0.2, 0.25) is 0 Å². The highest BCUT2D eigenvalue weighted by molar-refractivity contribution is 4.92. The fourth-order valence-corrected chi connectivity index (χ4v) is 2.75. The maximum Gasteiger partial charge on any atom is 0.0391 e. The van der Waals surface area contributed by atoms with Crippen molar-refractivity contribution in [3.63, 3.8) is 0 Å². The van der Waals surface area contributed by atoms with Gasteiger partial charge in [0.25, 0.3) is 0 Å². The van der Waals surface area contributed by atoms with Gasteiger partial charge in [0.05, 0.1) is 0 Å². The van der Waals surface area contributed by atoms with Crippen LogP contribution < -0.4 is 11.3 Å². The molecule has 0 aliphatic rings. The Morgan fingerprint density at radius 3 is 1.95 bits per heavy atom. The molecule has 0 fully saturated rings. The van der Waals surface area contributed by atoms with E-state index >= 15 is 0 Å². The molecule has 3 nitrogen and oxygen atoms in total. The molecule has 2 atom stereocenters. The lowest BCUT2D eigenvalue weighted by Gasteiger charge is -2.42. The van der Waals surface area contributed by atoms with Crippen molar-refractivity contribution in [3.05, 3.63) is 0 Å². The lowest BCUT2D eigenvalue weighted by molar-refractivity contribution is 0.106. The first-order chi connectivity index (χ1) is 9.02. The van der Waals surface area contributed by atoms with Crippen molar-refractivity contribution in [1.29, 1.82) is 0 Å². The maximum absolute atomic E-state index is 5.78. The van der Waals surface area contributed by atoms with Crippen LogP contribution in [0.5, 0.6) is 0 Å². The van der Waals surface area contributed by atoms with Crippen molar-refractivity contribution >= 4 is 0 Å². The van der Waals surface area contributed by atoms with E-state index in [0.717, 1.165) is 6.42 Å². The molecule has 0 radical (unpaired) electrons. The van der Waals surface area contributed by atoms with Crippen LogP contribution in [-0.4, -0.2) is 30.6 Å². The molecule has 0 amide bonds. The van der Waals surface area contributed by atoms with Crippen LogP contribution in [-0.2, 0) is 0 Å². The first-order valence-electron chi connectivity index (χ1n) is 8.16. The quantitative estimate of drug-likeness (QED) is 0.323. The number of hydrogen-bond donors (Lipinski definition) is 2. The largest absolute Gasteiger partial charge is 0.302 e. The van der Waals surface area contributed by atoms with Crippen LogP contribution in [0.15, 0.2) is 0 Å². The summed E-state index contributed by atoms with van der Waals surface area (Å²) in [5, 5.41) is 0. The zero-order valence-electron chi connectivity index (χ0n) is 14.0. The Balaban J connectivity index is 3.93. The molecule has 19 heavy (non-hydrogen) atoms. The summed E-state index contributed by atoms with van der Waals surface area (Å²) in [5.41, 5.74) is 3.19. The molecular formula is C16H37N3. The summed E-state index contributed by atoms with van der Waals surface area (Å²) in [6.07, 6.45) is 11.8. The Morgan fingerprint density at radius 2 is 1.53 bits per heavy atom. The van der Waals surface area contributed by atoms with Gasteiger partial charge in [-0.3, -0.25) is 11.3 Å². The van der Waals surface area contributed by atoms with Crippen LogP contribution >= 0.6 is 0 Å². The van der Waals surface area contributed by atoms with Gasteiger partial charge in [0.15, 0.2) is 0 Å². The third-order valence-electron chi connectivity index (χ3n) is 4.79. The Bertz CT molecular complexity index is 206. The van der Waals surface area contributed by atoms with Gasteiger partial charge in [-0.2, -0.15) is 0 Å². The minimum atomic E-state index is 0.150. The zero-order valence-corrected chi connectivity index (χ0v) is 14.0. The number of likely N-dealkylation sites (N-methyl/N-ethyl adjacent to an activating group) is 1. The molecule has 0 aliphatic carbocycles. The lowest BCUT2D eigenvalue weighted by atomic mass is 9.85. The Hall–Kier alpha value is -0.120. The zero-order chi connectivity index (χ0) is 14.7. The van der Waals surface area contributed by atoms with E-state index in [9.17, 15) is 0 Å². The van der Waals surface area contributed by atoms with Crippen molar-refractivity contribution in [1.82, 2.24) is 10.3 Å². The molecule has 0 aromatic carbocycles. The molecule has 0 aromatic heterocycles. The average Bonchev–Trinajstić information content (AvgIpc) is 2.41. The van der Waals surface area contributed by atoms with E-state index in [2.05, 4.69) is 45.2 Å². The second-order valence-corrected chi connectivity index (χ2v) is 6.23. The summed E-state index contributed by atoms with van der Waals surface area (Å²) >= 11 is 0. The standard InChI is InChI=1S/C16H37N3/c1-6-8-9-10-11-12-13-14-15(18-17)16(3,7-2)19(4)5/h15,18H,6-14,17H2,1-5H3. The van der Waals surface area contributed by atoms with E-state index in [0.29, 0.717) is 6.04 Å². The van der Waals surface area contributed by atoms with Crippen LogP contribution in [0.1, 0.15) is 78.6 Å². The van der Waals surface area contributed by atoms with Crippen LogP contribution in [0.3, 0.4) is 0 Å². The van der Waals surface area contributed by atoms with Crippen molar-refractivity contribution in [2.24, 2.45) is 5.84 Å². The number of unbranched alkanes of at least 4 members (excludes halogenated alkanes) is 6. The molecule has 3 heteroatoms. The molecule has 3 N–H and O–H groups in total. The van der Waals surface area contributed by atoms with E-state index in [4.69, 9.17) is 5.84 Å². The molecule has 2 unspecified atom stereocenters. The monoisotopic (exact) mass is 271 g/mol. The number of nitrogens with one attached hydrogen (secondary N) is 1. The number of hydrogen-bond acceptors (Lipinski definition) is 3. The molecular weight excluding hydrogens is 234 g/mol. The molecule has 0 rings (SSSR count).